The van der Waals surface area contributed by atoms with Crippen LogP contribution in [0.5, 0.6) is 5.75 Å². The monoisotopic (exact) mass is 421 g/mol. The first-order chi connectivity index (χ1) is 14.5. The van der Waals surface area contributed by atoms with Gasteiger partial charge in [-0.1, -0.05) is 41.9 Å². The summed E-state index contributed by atoms with van der Waals surface area (Å²) in [6.45, 7) is 2.08. The molecule has 0 bridgehead atoms. The van der Waals surface area contributed by atoms with E-state index >= 15 is 0 Å². The Kier molecular flexibility index (Phi) is 7.19. The number of rotatable bonds is 7. The van der Waals surface area contributed by atoms with Gasteiger partial charge in [-0.3, -0.25) is 4.79 Å². The zero-order valence-electron chi connectivity index (χ0n) is 16.3. The molecular weight excluding hydrogens is 402 g/mol. The highest BCUT2D eigenvalue weighted by atomic mass is 35.5. The maximum atomic E-state index is 12.2. The van der Waals surface area contributed by atoms with Gasteiger partial charge in [-0.25, -0.2) is 10.2 Å². The second-order valence-corrected chi connectivity index (χ2v) is 6.81. The molecule has 0 saturated carbocycles. The van der Waals surface area contributed by atoms with Crippen molar-refractivity contribution in [1.82, 2.24) is 5.43 Å². The van der Waals surface area contributed by atoms with Crippen molar-refractivity contribution in [3.05, 3.63) is 94.5 Å². The first-order valence-electron chi connectivity index (χ1n) is 9.21. The molecule has 0 aliphatic carbocycles. The number of benzene rings is 3. The van der Waals surface area contributed by atoms with Crippen LogP contribution in [0, 0.1) is 6.92 Å². The van der Waals surface area contributed by atoms with Gasteiger partial charge < -0.3 is 10.1 Å². The number of anilines is 1. The maximum Gasteiger partial charge on any atom is 0.345 e. The predicted octanol–water partition coefficient (Wildman–Crippen LogP) is 4.43. The number of halogens is 1. The zero-order chi connectivity index (χ0) is 21.3. The Hall–Kier alpha value is -3.64. The highest BCUT2D eigenvalue weighted by molar-refractivity contribution is 6.33. The summed E-state index contributed by atoms with van der Waals surface area (Å²) in [5.41, 5.74) is 5.46. The van der Waals surface area contributed by atoms with Crippen LogP contribution in [-0.4, -0.2) is 24.6 Å². The van der Waals surface area contributed by atoms with Crippen molar-refractivity contribution < 1.29 is 14.3 Å². The Morgan fingerprint density at radius 1 is 1.00 bits per heavy atom. The summed E-state index contributed by atoms with van der Waals surface area (Å²) >= 11 is 6.00. The number of hydrogen-bond donors (Lipinski definition) is 2. The molecule has 0 unspecified atom stereocenters. The van der Waals surface area contributed by atoms with E-state index in [9.17, 15) is 9.59 Å². The number of nitrogens with one attached hydrogen (secondary N) is 2. The van der Waals surface area contributed by atoms with E-state index in [1.165, 1.54) is 6.21 Å². The maximum absolute atomic E-state index is 12.2. The summed E-state index contributed by atoms with van der Waals surface area (Å²) in [6, 6.07) is 21.1. The van der Waals surface area contributed by atoms with Gasteiger partial charge in [0.25, 0.3) is 5.91 Å². The Bertz CT molecular complexity index is 1070. The number of carbonyl (C=O) groups excluding carboxylic acids is 2. The summed E-state index contributed by atoms with van der Waals surface area (Å²) < 4.78 is 5.32. The van der Waals surface area contributed by atoms with Crippen LogP contribution in [0.25, 0.3) is 0 Å². The summed E-state index contributed by atoms with van der Waals surface area (Å²) in [4.78, 5) is 24.1. The summed E-state index contributed by atoms with van der Waals surface area (Å²) in [6.07, 6.45) is 1.51. The molecule has 0 atom stereocenters. The van der Waals surface area contributed by atoms with Crippen molar-refractivity contribution >= 4 is 35.4 Å². The summed E-state index contributed by atoms with van der Waals surface area (Å²) in [7, 11) is 0. The van der Waals surface area contributed by atoms with Crippen LogP contribution in [0.3, 0.4) is 0 Å². The SMILES string of the molecule is Cc1ccccc1NCC(=O)N/N=C\c1ccc(OC(=O)c2ccccc2Cl)cc1. The second kappa shape index (κ2) is 10.2. The van der Waals surface area contributed by atoms with Crippen molar-refractivity contribution in [2.24, 2.45) is 5.10 Å². The fourth-order valence-corrected chi connectivity index (χ4v) is 2.79. The minimum absolute atomic E-state index is 0.110. The van der Waals surface area contributed by atoms with Gasteiger partial charge in [-0.15, -0.1) is 0 Å². The van der Waals surface area contributed by atoms with Crippen LogP contribution in [0.1, 0.15) is 21.5 Å². The van der Waals surface area contributed by atoms with E-state index in [0.717, 1.165) is 16.8 Å². The van der Waals surface area contributed by atoms with Gasteiger partial charge in [0, 0.05) is 5.69 Å². The highest BCUT2D eigenvalue weighted by Gasteiger charge is 2.11. The van der Waals surface area contributed by atoms with Crippen LogP contribution in [0.2, 0.25) is 5.02 Å². The third kappa shape index (κ3) is 5.93. The van der Waals surface area contributed by atoms with Crippen molar-refractivity contribution in [2.75, 3.05) is 11.9 Å². The average molecular weight is 422 g/mol. The lowest BCUT2D eigenvalue weighted by Gasteiger charge is -2.07. The van der Waals surface area contributed by atoms with Crippen LogP contribution in [-0.2, 0) is 4.79 Å². The van der Waals surface area contributed by atoms with Crippen LogP contribution in [0.4, 0.5) is 5.69 Å². The Labute approximate surface area is 179 Å². The van der Waals surface area contributed by atoms with Crippen LogP contribution in [0.15, 0.2) is 77.9 Å². The molecule has 2 N–H and O–H groups in total. The lowest BCUT2D eigenvalue weighted by Crippen LogP contribution is -2.26. The third-order valence-corrected chi connectivity index (χ3v) is 4.50. The highest BCUT2D eigenvalue weighted by Crippen LogP contribution is 2.19. The summed E-state index contributed by atoms with van der Waals surface area (Å²) in [5, 5.41) is 7.33. The number of esters is 1. The topological polar surface area (TPSA) is 79.8 Å². The standard InChI is InChI=1S/C23H20ClN3O3/c1-16-6-2-5-9-21(16)25-15-22(28)27-26-14-17-10-12-18(13-11-17)30-23(29)19-7-3-4-8-20(19)24/h2-14,25H,15H2,1H3,(H,27,28)/b26-14-. The fraction of sp³-hybridized carbons (Fsp3) is 0.0870. The Balaban J connectivity index is 1.48. The molecule has 3 aromatic rings. The predicted molar refractivity (Wildman–Crippen MR) is 118 cm³/mol. The Morgan fingerprint density at radius 2 is 1.70 bits per heavy atom. The van der Waals surface area contributed by atoms with Gasteiger partial charge in [-0.05, 0) is 60.5 Å². The van der Waals surface area contributed by atoms with Crippen molar-refractivity contribution in [3.63, 3.8) is 0 Å². The number of nitrogens with zero attached hydrogens (tertiary/aromatic N) is 1. The van der Waals surface area contributed by atoms with Gasteiger partial charge in [0.15, 0.2) is 0 Å². The van der Waals surface area contributed by atoms with Crippen LogP contribution >= 0.6 is 11.6 Å². The molecule has 30 heavy (non-hydrogen) atoms. The molecule has 3 aromatic carbocycles. The number of amides is 1. The van der Waals surface area contributed by atoms with Gasteiger partial charge in [0.2, 0.25) is 0 Å². The van der Waals surface area contributed by atoms with E-state index in [4.69, 9.17) is 16.3 Å². The average Bonchev–Trinajstić information content (AvgIpc) is 2.74. The molecule has 1 amide bonds. The van der Waals surface area contributed by atoms with E-state index in [-0.39, 0.29) is 12.5 Å². The van der Waals surface area contributed by atoms with Crippen molar-refractivity contribution in [2.45, 2.75) is 6.92 Å². The number of para-hydroxylation sites is 1. The third-order valence-electron chi connectivity index (χ3n) is 4.17. The van der Waals surface area contributed by atoms with E-state index in [1.807, 2.05) is 31.2 Å². The lowest BCUT2D eigenvalue weighted by molar-refractivity contribution is -0.119. The smallest absolute Gasteiger partial charge is 0.345 e. The normalized spacial score (nSPS) is 10.6. The molecule has 6 nitrogen and oxygen atoms in total. The zero-order valence-corrected chi connectivity index (χ0v) is 17.0. The Morgan fingerprint density at radius 3 is 2.43 bits per heavy atom. The largest absolute Gasteiger partial charge is 0.423 e. The number of carbonyl (C=O) groups is 2. The minimum Gasteiger partial charge on any atom is -0.423 e. The molecule has 0 radical (unpaired) electrons. The van der Waals surface area contributed by atoms with Crippen LogP contribution < -0.4 is 15.5 Å². The molecule has 3 rings (SSSR count). The molecule has 0 saturated heterocycles. The van der Waals surface area contributed by atoms with E-state index in [2.05, 4.69) is 15.8 Å². The quantitative estimate of drug-likeness (QED) is 0.256. The van der Waals surface area contributed by atoms with Gasteiger partial charge in [0.1, 0.15) is 5.75 Å². The van der Waals surface area contributed by atoms with Gasteiger partial charge in [0.05, 0.1) is 23.3 Å². The minimum atomic E-state index is -0.532. The molecule has 0 heterocycles. The molecule has 7 heteroatoms. The number of ether oxygens (including phenoxy) is 1. The number of hydrogen-bond acceptors (Lipinski definition) is 5. The fourth-order valence-electron chi connectivity index (χ4n) is 2.58. The molecule has 0 fully saturated rings. The van der Waals surface area contributed by atoms with Crippen molar-refractivity contribution in [3.8, 4) is 5.75 Å². The molecule has 0 spiro atoms. The molecule has 0 aliphatic heterocycles. The van der Waals surface area contributed by atoms with E-state index < -0.39 is 5.97 Å². The molecule has 152 valence electrons. The second-order valence-electron chi connectivity index (χ2n) is 6.40. The molecular formula is C23H20ClN3O3. The van der Waals surface area contributed by atoms with Gasteiger partial charge in [-0.2, -0.15) is 5.10 Å². The molecule has 0 aromatic heterocycles. The number of hydrazone groups is 1. The lowest BCUT2D eigenvalue weighted by atomic mass is 10.2. The van der Waals surface area contributed by atoms with E-state index in [0.29, 0.717) is 16.3 Å². The van der Waals surface area contributed by atoms with E-state index in [1.54, 1.807) is 48.5 Å². The van der Waals surface area contributed by atoms with Gasteiger partial charge >= 0.3 is 5.97 Å². The first-order valence-corrected chi connectivity index (χ1v) is 9.59. The summed E-state index contributed by atoms with van der Waals surface area (Å²) in [5.74, 6) is -0.418. The first kappa shape index (κ1) is 21.1. The van der Waals surface area contributed by atoms with Crippen molar-refractivity contribution in [1.29, 1.82) is 0 Å². The molecule has 0 aliphatic rings. The number of aryl methyl sites for hydroxylation is 1.